The van der Waals surface area contributed by atoms with Crippen molar-refractivity contribution in [1.82, 2.24) is 9.38 Å². The van der Waals surface area contributed by atoms with Crippen LogP contribution in [-0.4, -0.2) is 20.5 Å². The third-order valence-corrected chi connectivity index (χ3v) is 5.59. The summed E-state index contributed by atoms with van der Waals surface area (Å²) in [5, 5.41) is 11.2. The quantitative estimate of drug-likeness (QED) is 0.466. The van der Waals surface area contributed by atoms with Gasteiger partial charge in [0.25, 0.3) is 0 Å². The maximum Gasteiger partial charge on any atom is 0.356 e. The molecule has 0 fully saturated rings. The second-order valence-corrected chi connectivity index (χ2v) is 8.78. The minimum atomic E-state index is -1.02. The van der Waals surface area contributed by atoms with Crippen molar-refractivity contribution in [3.8, 4) is 17.0 Å². The predicted molar refractivity (Wildman–Crippen MR) is 115 cm³/mol. The smallest absolute Gasteiger partial charge is 0.356 e. The second kappa shape index (κ2) is 7.37. The Morgan fingerprint density at radius 3 is 2.62 bits per heavy atom. The highest BCUT2D eigenvalue weighted by Gasteiger charge is 2.21. The Labute approximate surface area is 173 Å². The second-order valence-electron chi connectivity index (χ2n) is 7.94. The van der Waals surface area contributed by atoms with Gasteiger partial charge in [-0.15, -0.1) is 11.3 Å². The molecule has 0 aliphatic rings. The summed E-state index contributed by atoms with van der Waals surface area (Å²) >= 11 is 1.43. The molecule has 0 amide bonds. The fraction of sp³-hybridized carbons (Fsp3) is 0.217. The van der Waals surface area contributed by atoms with Crippen LogP contribution < -0.4 is 4.74 Å². The third kappa shape index (κ3) is 3.89. The van der Waals surface area contributed by atoms with Crippen LogP contribution in [0.4, 0.5) is 0 Å². The van der Waals surface area contributed by atoms with E-state index in [2.05, 4.69) is 31.8 Å². The largest absolute Gasteiger partial charge is 0.489 e. The monoisotopic (exact) mass is 406 g/mol. The minimum Gasteiger partial charge on any atom is -0.489 e. The van der Waals surface area contributed by atoms with E-state index in [1.54, 1.807) is 6.20 Å². The van der Waals surface area contributed by atoms with E-state index < -0.39 is 5.97 Å². The molecular formula is C23H22N2O3S. The van der Waals surface area contributed by atoms with Crippen LogP contribution >= 0.6 is 11.3 Å². The zero-order chi connectivity index (χ0) is 20.6. The first-order valence-electron chi connectivity index (χ1n) is 9.34. The van der Waals surface area contributed by atoms with Gasteiger partial charge in [-0.25, -0.2) is 9.78 Å². The molecule has 0 bridgehead atoms. The van der Waals surface area contributed by atoms with Gasteiger partial charge in [-0.2, -0.15) is 0 Å². The zero-order valence-corrected chi connectivity index (χ0v) is 17.4. The van der Waals surface area contributed by atoms with E-state index in [-0.39, 0.29) is 11.1 Å². The van der Waals surface area contributed by atoms with E-state index in [1.807, 2.05) is 52.2 Å². The number of carboxylic acid groups (broad SMARTS) is 1. The van der Waals surface area contributed by atoms with Crippen molar-refractivity contribution in [3.05, 3.63) is 76.9 Å². The molecule has 0 saturated carbocycles. The summed E-state index contributed by atoms with van der Waals surface area (Å²) in [7, 11) is 0. The molecule has 0 spiro atoms. The van der Waals surface area contributed by atoms with E-state index in [0.29, 0.717) is 11.6 Å². The van der Waals surface area contributed by atoms with Gasteiger partial charge in [0.2, 0.25) is 0 Å². The van der Waals surface area contributed by atoms with Crippen molar-refractivity contribution >= 4 is 22.3 Å². The van der Waals surface area contributed by atoms with Crippen LogP contribution in [0.5, 0.6) is 5.75 Å². The molecule has 6 heteroatoms. The third-order valence-electron chi connectivity index (χ3n) is 4.75. The van der Waals surface area contributed by atoms with Crippen molar-refractivity contribution in [1.29, 1.82) is 0 Å². The summed E-state index contributed by atoms with van der Waals surface area (Å²) in [4.78, 5) is 16.1. The van der Waals surface area contributed by atoms with Gasteiger partial charge < -0.3 is 9.84 Å². The lowest BCUT2D eigenvalue weighted by atomic mass is 9.85. The van der Waals surface area contributed by atoms with Gasteiger partial charge >= 0.3 is 5.97 Å². The molecule has 0 unspecified atom stereocenters. The standard InChI is InChI=1S/C23H22N2O3S/c1-23(2,3)17-11-16(9-10-20(17)28-13-15-7-5-4-6-8-15)19-14-29-22-24-18(21(26)27)12-25(19)22/h4-12,14H,13H2,1-3H3,(H,26,27). The molecule has 2 heterocycles. The Hall–Kier alpha value is -3.12. The minimum absolute atomic E-state index is 0.0527. The number of hydrogen-bond acceptors (Lipinski definition) is 4. The molecule has 0 aliphatic heterocycles. The van der Waals surface area contributed by atoms with E-state index >= 15 is 0 Å². The average Bonchev–Trinajstić information content (AvgIpc) is 3.27. The van der Waals surface area contributed by atoms with Gasteiger partial charge in [-0.1, -0.05) is 51.1 Å². The van der Waals surface area contributed by atoms with Crippen molar-refractivity contribution in [2.45, 2.75) is 32.8 Å². The molecule has 29 heavy (non-hydrogen) atoms. The number of benzene rings is 2. The molecule has 0 atom stereocenters. The van der Waals surface area contributed by atoms with Gasteiger partial charge in [0.15, 0.2) is 10.7 Å². The lowest BCUT2D eigenvalue weighted by Crippen LogP contribution is -2.13. The predicted octanol–water partition coefficient (Wildman–Crippen LogP) is 5.64. The van der Waals surface area contributed by atoms with Gasteiger partial charge in [-0.3, -0.25) is 4.40 Å². The molecule has 0 saturated heterocycles. The number of ether oxygens (including phenoxy) is 1. The number of carboxylic acids is 1. The highest BCUT2D eigenvalue weighted by Crippen LogP contribution is 2.36. The normalized spacial score (nSPS) is 11.7. The number of nitrogens with zero attached hydrogens (tertiary/aromatic N) is 2. The number of aromatic nitrogens is 2. The topological polar surface area (TPSA) is 63.8 Å². The molecule has 0 aliphatic carbocycles. The van der Waals surface area contributed by atoms with Crippen molar-refractivity contribution in [2.24, 2.45) is 0 Å². The number of aromatic carboxylic acids is 1. The van der Waals surface area contributed by atoms with Crippen LogP contribution in [0.1, 0.15) is 42.4 Å². The van der Waals surface area contributed by atoms with E-state index in [0.717, 1.165) is 28.1 Å². The fourth-order valence-corrected chi connectivity index (χ4v) is 4.11. The van der Waals surface area contributed by atoms with Crippen molar-refractivity contribution in [3.63, 3.8) is 0 Å². The van der Waals surface area contributed by atoms with Crippen LogP contribution in [0.3, 0.4) is 0 Å². The Kier molecular flexibility index (Phi) is 4.88. The molecule has 2 aromatic heterocycles. The SMILES string of the molecule is CC(C)(C)c1cc(-c2csc3nc(C(=O)O)cn23)ccc1OCc1ccccc1. The highest BCUT2D eigenvalue weighted by atomic mass is 32.1. The van der Waals surface area contributed by atoms with E-state index in [4.69, 9.17) is 4.74 Å². The van der Waals surface area contributed by atoms with E-state index in [1.165, 1.54) is 11.3 Å². The summed E-state index contributed by atoms with van der Waals surface area (Å²) < 4.78 is 7.98. The maximum atomic E-state index is 11.2. The Morgan fingerprint density at radius 2 is 1.93 bits per heavy atom. The highest BCUT2D eigenvalue weighted by molar-refractivity contribution is 7.15. The van der Waals surface area contributed by atoms with Gasteiger partial charge in [0.1, 0.15) is 12.4 Å². The van der Waals surface area contributed by atoms with Crippen molar-refractivity contribution < 1.29 is 14.6 Å². The molecule has 4 aromatic rings. The molecule has 0 radical (unpaired) electrons. The van der Waals surface area contributed by atoms with Gasteiger partial charge in [0, 0.05) is 17.1 Å². The van der Waals surface area contributed by atoms with Gasteiger partial charge in [-0.05, 0) is 34.7 Å². The number of carbonyl (C=O) groups is 1. The Bertz CT molecular complexity index is 1170. The molecular weight excluding hydrogens is 384 g/mol. The number of rotatable bonds is 5. The first kappa shape index (κ1) is 19.2. The Morgan fingerprint density at radius 1 is 1.17 bits per heavy atom. The summed E-state index contributed by atoms with van der Waals surface area (Å²) in [6, 6.07) is 16.2. The van der Waals surface area contributed by atoms with E-state index in [9.17, 15) is 9.90 Å². The summed E-state index contributed by atoms with van der Waals surface area (Å²) in [5.41, 5.74) is 4.09. The van der Waals surface area contributed by atoms with Crippen LogP contribution in [-0.2, 0) is 12.0 Å². The molecule has 1 N–H and O–H groups in total. The van der Waals surface area contributed by atoms with Gasteiger partial charge in [0.05, 0.1) is 5.69 Å². The summed E-state index contributed by atoms with van der Waals surface area (Å²) in [6.07, 6.45) is 1.57. The molecule has 2 aromatic carbocycles. The van der Waals surface area contributed by atoms with Crippen LogP contribution in [0.15, 0.2) is 60.1 Å². The first-order valence-corrected chi connectivity index (χ1v) is 10.2. The maximum absolute atomic E-state index is 11.2. The molecule has 4 rings (SSSR count). The summed E-state index contributed by atoms with van der Waals surface area (Å²) in [6.45, 7) is 6.98. The first-order chi connectivity index (χ1) is 13.8. The number of thiazole rings is 1. The Balaban J connectivity index is 1.71. The molecule has 5 nitrogen and oxygen atoms in total. The fourth-order valence-electron chi connectivity index (χ4n) is 3.23. The number of imidazole rings is 1. The van der Waals surface area contributed by atoms with Crippen molar-refractivity contribution in [2.75, 3.05) is 0 Å². The summed E-state index contributed by atoms with van der Waals surface area (Å²) in [5.74, 6) is -0.166. The average molecular weight is 407 g/mol. The lowest BCUT2D eigenvalue weighted by Gasteiger charge is -2.24. The number of hydrogen-bond donors (Lipinski definition) is 1. The van der Waals surface area contributed by atoms with Crippen LogP contribution in [0, 0.1) is 0 Å². The zero-order valence-electron chi connectivity index (χ0n) is 16.5. The van der Waals surface area contributed by atoms with Crippen LogP contribution in [0.2, 0.25) is 0 Å². The van der Waals surface area contributed by atoms with Crippen LogP contribution in [0.25, 0.3) is 16.2 Å². The number of fused-ring (bicyclic) bond motifs is 1. The molecule has 148 valence electrons. The lowest BCUT2D eigenvalue weighted by molar-refractivity contribution is 0.0691.